The summed E-state index contributed by atoms with van der Waals surface area (Å²) in [6, 6.07) is 23.7. The number of sulfonamides is 1. The number of allylic oxidation sites excluding steroid dienone is 4. The molecule has 0 aliphatic heterocycles. The molecule has 0 heterocycles. The highest BCUT2D eigenvalue weighted by atomic mass is 32.2. The SMILES string of the molecule is C=C(c1ccccc1)c1ccc(CCC(=O)Nc2ccc(S(=O)(=O)NC(=O)CCC/C=C\CCCCCCC/C=C\CCC[C@H](O)CN=[N+]=[N-])cc2)cc1. The zero-order valence-electron chi connectivity index (χ0n) is 31.2. The summed E-state index contributed by atoms with van der Waals surface area (Å²) in [4.78, 5) is 27.5. The number of azide groups is 1. The molecule has 0 fully saturated rings. The summed E-state index contributed by atoms with van der Waals surface area (Å²) < 4.78 is 27.6. The molecule has 1 atom stereocenters. The zero-order chi connectivity index (χ0) is 38.9. The van der Waals surface area contributed by atoms with E-state index in [-0.39, 0.29) is 30.2 Å². The van der Waals surface area contributed by atoms with Crippen molar-refractivity contribution >= 4 is 33.1 Å². The number of amides is 2. The van der Waals surface area contributed by atoms with Gasteiger partial charge in [0, 0.05) is 23.4 Å². The smallest absolute Gasteiger partial charge is 0.264 e. The van der Waals surface area contributed by atoms with Crippen LogP contribution in [0.5, 0.6) is 0 Å². The first kappa shape index (κ1) is 43.4. The molecule has 3 rings (SSSR count). The maximum Gasteiger partial charge on any atom is 0.264 e. The molecule has 10 nitrogen and oxygen atoms in total. The fourth-order valence-electron chi connectivity index (χ4n) is 5.74. The highest BCUT2D eigenvalue weighted by Gasteiger charge is 2.17. The number of aliphatic hydroxyl groups excluding tert-OH is 1. The van der Waals surface area contributed by atoms with E-state index in [4.69, 9.17) is 5.53 Å². The molecule has 0 saturated carbocycles. The third-order valence-electron chi connectivity index (χ3n) is 8.88. The Kier molecular flexibility index (Phi) is 20.2. The van der Waals surface area contributed by atoms with Crippen molar-refractivity contribution in [2.24, 2.45) is 5.11 Å². The Balaban J connectivity index is 1.22. The van der Waals surface area contributed by atoms with Crippen LogP contribution in [0.4, 0.5) is 5.69 Å². The fourth-order valence-corrected chi connectivity index (χ4v) is 6.75. The maximum absolute atomic E-state index is 12.7. The van der Waals surface area contributed by atoms with Crippen LogP contribution in [-0.4, -0.2) is 38.0 Å². The van der Waals surface area contributed by atoms with Gasteiger partial charge in [-0.05, 0) is 116 Å². The maximum atomic E-state index is 12.7. The van der Waals surface area contributed by atoms with E-state index in [1.165, 1.54) is 43.5 Å². The van der Waals surface area contributed by atoms with Gasteiger partial charge in [0.25, 0.3) is 10.0 Å². The van der Waals surface area contributed by atoms with Crippen LogP contribution in [0.1, 0.15) is 107 Å². The molecule has 2 amide bonds. The van der Waals surface area contributed by atoms with E-state index in [9.17, 15) is 23.1 Å². The summed E-state index contributed by atoms with van der Waals surface area (Å²) in [5, 5.41) is 15.8. The Morgan fingerprint density at radius 1 is 0.741 bits per heavy atom. The van der Waals surface area contributed by atoms with E-state index < -0.39 is 22.0 Å². The Labute approximate surface area is 321 Å². The highest BCUT2D eigenvalue weighted by molar-refractivity contribution is 7.90. The second-order valence-electron chi connectivity index (χ2n) is 13.3. The zero-order valence-corrected chi connectivity index (χ0v) is 32.1. The first-order chi connectivity index (χ1) is 26.2. The number of hydrogen-bond acceptors (Lipinski definition) is 6. The van der Waals surface area contributed by atoms with Crippen molar-refractivity contribution in [3.63, 3.8) is 0 Å². The number of benzene rings is 3. The molecule has 3 aromatic carbocycles. The van der Waals surface area contributed by atoms with Gasteiger partial charge in [-0.25, -0.2) is 13.1 Å². The van der Waals surface area contributed by atoms with Crippen molar-refractivity contribution in [3.05, 3.63) is 137 Å². The van der Waals surface area contributed by atoms with E-state index in [2.05, 4.69) is 50.9 Å². The van der Waals surface area contributed by atoms with E-state index in [0.717, 1.165) is 60.8 Å². The average molecular weight is 754 g/mol. The molecule has 0 radical (unpaired) electrons. The lowest BCUT2D eigenvalue weighted by Crippen LogP contribution is -2.30. The lowest BCUT2D eigenvalue weighted by atomic mass is 9.98. The van der Waals surface area contributed by atoms with Crippen molar-refractivity contribution in [3.8, 4) is 0 Å². The van der Waals surface area contributed by atoms with E-state index >= 15 is 0 Å². The number of aliphatic hydroxyl groups is 1. The van der Waals surface area contributed by atoms with Gasteiger partial charge in [0.15, 0.2) is 0 Å². The summed E-state index contributed by atoms with van der Waals surface area (Å²) in [5.41, 5.74) is 12.8. The molecule has 0 aromatic heterocycles. The van der Waals surface area contributed by atoms with Crippen molar-refractivity contribution in [1.29, 1.82) is 0 Å². The standard InChI is InChI=1S/C43H55N5O5S/c1-35(37-20-16-15-17-21-37)38-27-24-36(25-28-38)26-33-42(50)46-39-29-31-41(32-30-39)54(52,53)47-43(51)23-19-14-12-10-8-6-4-2-3-5-7-9-11-13-18-22-40(49)34-45-48-44/h9-12,15-17,20-21,24-25,27-32,40,49H,1-8,13-14,18-19,22-23,26,33-34H2,(H,46,50)(H,47,51)/b11-9-,12-10-/t40-/m0/s1. The van der Waals surface area contributed by atoms with Crippen LogP contribution < -0.4 is 10.0 Å². The summed E-state index contributed by atoms with van der Waals surface area (Å²) in [6.45, 7) is 4.33. The molecule has 3 N–H and O–H groups in total. The van der Waals surface area contributed by atoms with Gasteiger partial charge in [0.1, 0.15) is 0 Å². The number of unbranched alkanes of at least 4 members (excludes halogenated alkanes) is 8. The first-order valence-corrected chi connectivity index (χ1v) is 20.4. The van der Waals surface area contributed by atoms with Crippen LogP contribution in [0.25, 0.3) is 16.0 Å². The second-order valence-corrected chi connectivity index (χ2v) is 15.0. The molecular formula is C43H55N5O5S. The largest absolute Gasteiger partial charge is 0.393 e. The Morgan fingerprint density at radius 3 is 1.94 bits per heavy atom. The van der Waals surface area contributed by atoms with Crippen molar-refractivity contribution in [1.82, 2.24) is 4.72 Å². The fraction of sp³-hybridized carbons (Fsp3) is 0.395. The number of carbonyl (C=O) groups is 2. The summed E-state index contributed by atoms with van der Waals surface area (Å²) in [5.74, 6) is -0.733. The van der Waals surface area contributed by atoms with E-state index in [1.807, 2.05) is 54.6 Å². The quantitative estimate of drug-likeness (QED) is 0.0244. The topological polar surface area (TPSA) is 161 Å². The van der Waals surface area contributed by atoms with Gasteiger partial charge >= 0.3 is 0 Å². The van der Waals surface area contributed by atoms with Crippen LogP contribution in [0, 0.1) is 0 Å². The molecule has 0 saturated heterocycles. The number of nitrogens with zero attached hydrogens (tertiary/aromatic N) is 3. The van der Waals surface area contributed by atoms with Crippen molar-refractivity contribution in [2.45, 2.75) is 107 Å². The van der Waals surface area contributed by atoms with E-state index in [1.54, 1.807) is 0 Å². The van der Waals surface area contributed by atoms with Crippen LogP contribution in [-0.2, 0) is 26.0 Å². The minimum atomic E-state index is -4.02. The molecule has 288 valence electrons. The molecular weight excluding hydrogens is 699 g/mol. The van der Waals surface area contributed by atoms with Crippen LogP contribution in [0.15, 0.2) is 120 Å². The number of aryl methyl sites for hydroxylation is 1. The normalized spacial score (nSPS) is 12.0. The van der Waals surface area contributed by atoms with Gasteiger partial charge in [0.05, 0.1) is 17.5 Å². The van der Waals surface area contributed by atoms with Crippen LogP contribution in [0.3, 0.4) is 0 Å². The lowest BCUT2D eigenvalue weighted by molar-refractivity contribution is -0.119. The van der Waals surface area contributed by atoms with Crippen molar-refractivity contribution < 1.29 is 23.1 Å². The minimum absolute atomic E-state index is 0.0457. The van der Waals surface area contributed by atoms with Gasteiger partial charge < -0.3 is 10.4 Å². The van der Waals surface area contributed by atoms with Gasteiger partial charge in [-0.2, -0.15) is 0 Å². The van der Waals surface area contributed by atoms with Gasteiger partial charge in [-0.3, -0.25) is 9.59 Å². The molecule has 11 heteroatoms. The number of anilines is 1. The number of nitrogens with one attached hydrogen (secondary N) is 2. The molecule has 0 bridgehead atoms. The number of carbonyl (C=O) groups excluding carboxylic acids is 2. The predicted octanol–water partition coefficient (Wildman–Crippen LogP) is 9.98. The number of rotatable bonds is 26. The lowest BCUT2D eigenvalue weighted by Gasteiger charge is -2.09. The van der Waals surface area contributed by atoms with Crippen LogP contribution >= 0.6 is 0 Å². The second kappa shape index (κ2) is 25.1. The first-order valence-electron chi connectivity index (χ1n) is 19.0. The molecule has 0 unspecified atom stereocenters. The van der Waals surface area contributed by atoms with Gasteiger partial charge in [-0.1, -0.05) is 110 Å². The van der Waals surface area contributed by atoms with Crippen LogP contribution in [0.2, 0.25) is 0 Å². The summed E-state index contributed by atoms with van der Waals surface area (Å²) in [6.07, 6.45) is 20.5. The van der Waals surface area contributed by atoms with Crippen molar-refractivity contribution in [2.75, 3.05) is 11.9 Å². The average Bonchev–Trinajstić information content (AvgIpc) is 3.17. The Morgan fingerprint density at radius 2 is 1.31 bits per heavy atom. The summed E-state index contributed by atoms with van der Waals surface area (Å²) >= 11 is 0. The molecule has 0 spiro atoms. The molecule has 54 heavy (non-hydrogen) atoms. The van der Waals surface area contributed by atoms with E-state index in [0.29, 0.717) is 31.4 Å². The number of hydrogen-bond donors (Lipinski definition) is 3. The summed E-state index contributed by atoms with van der Waals surface area (Å²) in [7, 11) is -4.02. The molecule has 0 aliphatic carbocycles. The van der Waals surface area contributed by atoms with Gasteiger partial charge in [0.2, 0.25) is 11.8 Å². The third-order valence-corrected chi connectivity index (χ3v) is 10.3. The highest BCUT2D eigenvalue weighted by Crippen LogP contribution is 2.22. The molecule has 3 aromatic rings. The van der Waals surface area contributed by atoms with Gasteiger partial charge in [-0.15, -0.1) is 0 Å². The Bertz CT molecular complexity index is 1800. The predicted molar refractivity (Wildman–Crippen MR) is 218 cm³/mol. The third kappa shape index (κ3) is 17.7. The molecule has 0 aliphatic rings. The minimum Gasteiger partial charge on any atom is -0.393 e. The Hall–Kier alpha value is -4.96. The monoisotopic (exact) mass is 753 g/mol.